The third kappa shape index (κ3) is 8.81. The molecule has 0 saturated heterocycles. The summed E-state index contributed by atoms with van der Waals surface area (Å²) in [5.41, 5.74) is 1.70. The Morgan fingerprint density at radius 2 is 1.65 bits per heavy atom. The maximum Gasteiger partial charge on any atom is 0.244 e. The predicted molar refractivity (Wildman–Crippen MR) is 154 cm³/mol. The molecule has 3 aromatic carbocycles. The van der Waals surface area contributed by atoms with Gasteiger partial charge in [-0.2, -0.15) is 0 Å². The zero-order valence-electron chi connectivity index (χ0n) is 23.0. The molecule has 8 nitrogen and oxygen atoms in total. The van der Waals surface area contributed by atoms with Crippen molar-refractivity contribution < 1.29 is 27.1 Å². The predicted octanol–water partition coefficient (Wildman–Crippen LogP) is 4.16. The number of nitrogens with zero attached hydrogens (tertiary/aromatic N) is 2. The second kappa shape index (κ2) is 14.5. The number of carbonyl (C=O) groups excluding carboxylic acids is 2. The number of hydrogen-bond donors (Lipinski definition) is 1. The van der Waals surface area contributed by atoms with Crippen LogP contribution in [0.4, 0.5) is 10.1 Å². The highest BCUT2D eigenvalue weighted by molar-refractivity contribution is 7.92. The number of rotatable bonds is 14. The maximum absolute atomic E-state index is 14.0. The van der Waals surface area contributed by atoms with Crippen molar-refractivity contribution in [1.82, 2.24) is 10.2 Å². The minimum absolute atomic E-state index is 0.0375. The second-order valence-electron chi connectivity index (χ2n) is 9.47. The molecular weight excluding hydrogens is 533 g/mol. The highest BCUT2D eigenvalue weighted by Gasteiger charge is 2.33. The van der Waals surface area contributed by atoms with Gasteiger partial charge in [-0.05, 0) is 53.9 Å². The summed E-state index contributed by atoms with van der Waals surface area (Å²) in [6.45, 7) is 1.94. The number of benzene rings is 3. The van der Waals surface area contributed by atoms with E-state index in [9.17, 15) is 22.4 Å². The van der Waals surface area contributed by atoms with Crippen molar-refractivity contribution >= 4 is 27.5 Å². The Labute approximate surface area is 235 Å². The van der Waals surface area contributed by atoms with Crippen LogP contribution >= 0.6 is 0 Å². The fourth-order valence-corrected chi connectivity index (χ4v) is 5.10. The van der Waals surface area contributed by atoms with Crippen molar-refractivity contribution in [1.29, 1.82) is 0 Å². The van der Waals surface area contributed by atoms with Gasteiger partial charge in [0.25, 0.3) is 0 Å². The topological polar surface area (TPSA) is 96.0 Å². The Morgan fingerprint density at radius 3 is 2.27 bits per heavy atom. The highest BCUT2D eigenvalue weighted by atomic mass is 32.2. The van der Waals surface area contributed by atoms with Crippen molar-refractivity contribution in [2.24, 2.45) is 0 Å². The number of amides is 2. The minimum atomic E-state index is -3.92. The molecule has 0 aliphatic heterocycles. The lowest BCUT2D eigenvalue weighted by molar-refractivity contribution is -0.140. The molecule has 214 valence electrons. The van der Waals surface area contributed by atoms with Crippen molar-refractivity contribution in [2.45, 2.75) is 38.8 Å². The van der Waals surface area contributed by atoms with Gasteiger partial charge < -0.3 is 15.0 Å². The molecule has 0 spiro atoms. The van der Waals surface area contributed by atoms with Crippen LogP contribution in [0, 0.1) is 5.82 Å². The van der Waals surface area contributed by atoms with E-state index in [1.165, 1.54) is 24.1 Å². The SMILES string of the molecule is CCCCNC(=O)[C@H](Cc1ccccc1)N(Cc1cccc(OC)c1)C(=O)CN(c1ccc(F)cc1)S(C)(=O)=O. The largest absolute Gasteiger partial charge is 0.497 e. The number of unbranched alkanes of at least 4 members (excludes halogenated alkanes) is 1. The van der Waals surface area contributed by atoms with Crippen molar-refractivity contribution in [3.8, 4) is 5.75 Å². The molecule has 0 aliphatic carbocycles. The Balaban J connectivity index is 2.04. The third-order valence-corrected chi connectivity index (χ3v) is 7.52. The van der Waals surface area contributed by atoms with Crippen LogP contribution in [-0.4, -0.2) is 57.6 Å². The highest BCUT2D eigenvalue weighted by Crippen LogP contribution is 2.22. The van der Waals surface area contributed by atoms with E-state index in [4.69, 9.17) is 4.74 Å². The van der Waals surface area contributed by atoms with Gasteiger partial charge >= 0.3 is 0 Å². The zero-order chi connectivity index (χ0) is 29.1. The van der Waals surface area contributed by atoms with Gasteiger partial charge in [0.15, 0.2) is 0 Å². The zero-order valence-corrected chi connectivity index (χ0v) is 23.9. The van der Waals surface area contributed by atoms with E-state index in [1.807, 2.05) is 43.3 Å². The molecule has 0 aromatic heterocycles. The van der Waals surface area contributed by atoms with Gasteiger partial charge in [-0.25, -0.2) is 12.8 Å². The summed E-state index contributed by atoms with van der Waals surface area (Å²) in [4.78, 5) is 29.0. The molecule has 40 heavy (non-hydrogen) atoms. The molecule has 0 bridgehead atoms. The van der Waals surface area contributed by atoms with E-state index < -0.39 is 34.3 Å². The molecule has 0 unspecified atom stereocenters. The van der Waals surface area contributed by atoms with Gasteiger partial charge in [0, 0.05) is 19.5 Å². The van der Waals surface area contributed by atoms with Crippen LogP contribution in [0.25, 0.3) is 0 Å². The lowest BCUT2D eigenvalue weighted by Crippen LogP contribution is -2.53. The number of anilines is 1. The van der Waals surface area contributed by atoms with Crippen LogP contribution < -0.4 is 14.4 Å². The molecule has 0 radical (unpaired) electrons. The lowest BCUT2D eigenvalue weighted by atomic mass is 10.0. The first-order valence-electron chi connectivity index (χ1n) is 13.1. The first-order valence-corrected chi connectivity index (χ1v) is 14.9. The van der Waals surface area contributed by atoms with E-state index in [0.717, 1.165) is 41.1 Å². The molecular formula is C30H36FN3O5S. The Hall–Kier alpha value is -3.92. The molecule has 3 aromatic rings. The van der Waals surface area contributed by atoms with Crippen LogP contribution in [-0.2, 0) is 32.6 Å². The van der Waals surface area contributed by atoms with Gasteiger partial charge in [0.05, 0.1) is 19.1 Å². The summed E-state index contributed by atoms with van der Waals surface area (Å²) in [5.74, 6) is -0.860. The van der Waals surface area contributed by atoms with Gasteiger partial charge in [-0.1, -0.05) is 55.8 Å². The molecule has 10 heteroatoms. The first-order chi connectivity index (χ1) is 19.1. The summed E-state index contributed by atoms with van der Waals surface area (Å²) >= 11 is 0. The Kier molecular flexibility index (Phi) is 11.1. The summed E-state index contributed by atoms with van der Waals surface area (Å²) in [6, 6.07) is 20.4. The summed E-state index contributed by atoms with van der Waals surface area (Å²) < 4.78 is 45.3. The fraction of sp³-hybridized carbons (Fsp3) is 0.333. The minimum Gasteiger partial charge on any atom is -0.497 e. The van der Waals surface area contributed by atoms with Crippen LogP contribution in [0.3, 0.4) is 0 Å². The molecule has 2 amide bonds. The molecule has 0 aliphatic rings. The van der Waals surface area contributed by atoms with Crippen LogP contribution in [0.1, 0.15) is 30.9 Å². The lowest BCUT2D eigenvalue weighted by Gasteiger charge is -2.33. The standard InChI is InChI=1S/C30H36FN3O5S/c1-4-5-18-32-30(36)28(20-23-10-7-6-8-11-23)33(21-24-12-9-13-27(19-24)39-2)29(35)22-34(40(3,37)38)26-16-14-25(31)15-17-26/h6-17,19,28H,4-5,18,20-22H2,1-3H3,(H,32,36)/t28-/m0/s1. The van der Waals surface area contributed by atoms with Crippen molar-refractivity contribution in [3.05, 3.63) is 95.8 Å². The van der Waals surface area contributed by atoms with Crippen LogP contribution in [0.2, 0.25) is 0 Å². The van der Waals surface area contributed by atoms with Crippen molar-refractivity contribution in [3.63, 3.8) is 0 Å². The van der Waals surface area contributed by atoms with E-state index >= 15 is 0 Å². The number of methoxy groups -OCH3 is 1. The molecule has 0 saturated carbocycles. The molecule has 1 atom stereocenters. The number of nitrogens with one attached hydrogen (secondary N) is 1. The monoisotopic (exact) mass is 569 g/mol. The van der Waals surface area contributed by atoms with Gasteiger partial charge in [0.1, 0.15) is 24.2 Å². The smallest absolute Gasteiger partial charge is 0.244 e. The third-order valence-electron chi connectivity index (χ3n) is 6.38. The molecule has 0 fully saturated rings. The number of halogens is 1. The van der Waals surface area contributed by atoms with E-state index in [2.05, 4.69) is 5.32 Å². The van der Waals surface area contributed by atoms with Gasteiger partial charge in [0.2, 0.25) is 21.8 Å². The summed E-state index contributed by atoms with van der Waals surface area (Å²) in [5, 5.41) is 2.94. The number of sulfonamides is 1. The molecule has 1 N–H and O–H groups in total. The number of carbonyl (C=O) groups is 2. The van der Waals surface area contributed by atoms with E-state index in [1.54, 1.807) is 18.2 Å². The second-order valence-corrected chi connectivity index (χ2v) is 11.4. The fourth-order valence-electron chi connectivity index (χ4n) is 4.25. The Bertz CT molecular complexity index is 1370. The summed E-state index contributed by atoms with van der Waals surface area (Å²) in [6.07, 6.45) is 2.87. The van der Waals surface area contributed by atoms with Crippen LogP contribution in [0.5, 0.6) is 5.75 Å². The number of ether oxygens (including phenoxy) is 1. The molecule has 3 rings (SSSR count). The van der Waals surface area contributed by atoms with E-state index in [0.29, 0.717) is 17.9 Å². The van der Waals surface area contributed by atoms with Gasteiger partial charge in [-0.3, -0.25) is 13.9 Å². The summed E-state index contributed by atoms with van der Waals surface area (Å²) in [7, 11) is -2.39. The quantitative estimate of drug-likeness (QED) is 0.294. The molecule has 0 heterocycles. The first kappa shape index (κ1) is 30.6. The average Bonchev–Trinajstić information content (AvgIpc) is 2.94. The van der Waals surface area contributed by atoms with Crippen molar-refractivity contribution in [2.75, 3.05) is 30.8 Å². The van der Waals surface area contributed by atoms with Crippen LogP contribution in [0.15, 0.2) is 78.9 Å². The number of hydrogen-bond acceptors (Lipinski definition) is 5. The maximum atomic E-state index is 14.0. The Morgan fingerprint density at radius 1 is 0.975 bits per heavy atom. The van der Waals surface area contributed by atoms with E-state index in [-0.39, 0.29) is 24.6 Å². The average molecular weight is 570 g/mol. The normalized spacial score (nSPS) is 11.9. The van der Waals surface area contributed by atoms with Gasteiger partial charge in [-0.15, -0.1) is 0 Å².